The van der Waals surface area contributed by atoms with Crippen LogP contribution in [0.4, 0.5) is 9.59 Å². The molecule has 2 N–H and O–H groups in total. The highest BCUT2D eigenvalue weighted by Crippen LogP contribution is 2.25. The average molecular weight is 466 g/mol. The number of amides is 4. The maximum Gasteiger partial charge on any atom is 0.410 e. The van der Waals surface area contributed by atoms with Gasteiger partial charge in [-0.2, -0.15) is 5.26 Å². The number of nitrogens with zero attached hydrogens (tertiary/aromatic N) is 3. The summed E-state index contributed by atoms with van der Waals surface area (Å²) in [6, 6.07) is 1.15. The van der Waals surface area contributed by atoms with Gasteiger partial charge in [0.15, 0.2) is 0 Å². The second kappa shape index (κ2) is 10.6. The molecule has 0 bridgehead atoms. The molecule has 0 radical (unpaired) electrons. The number of nitrogens with one attached hydrogen (secondary N) is 2. The van der Waals surface area contributed by atoms with E-state index in [4.69, 9.17) is 9.47 Å². The number of morpholine rings is 1. The van der Waals surface area contributed by atoms with Crippen LogP contribution in [0.25, 0.3) is 0 Å². The Hall–Kier alpha value is -2.54. The molecule has 4 amide bonds. The summed E-state index contributed by atoms with van der Waals surface area (Å²) in [5.74, 6) is -0.390. The number of hydrogen-bond donors (Lipinski definition) is 2. The summed E-state index contributed by atoms with van der Waals surface area (Å²) < 4.78 is 10.7. The molecule has 2 aliphatic rings. The smallest absolute Gasteiger partial charge is 0.410 e. The van der Waals surface area contributed by atoms with Gasteiger partial charge in [-0.15, -0.1) is 0 Å². The molecular weight excluding hydrogens is 426 g/mol. The van der Waals surface area contributed by atoms with E-state index < -0.39 is 23.3 Å². The number of carbonyl (C=O) groups excluding carboxylic acids is 3. The number of carbonyl (C=O) groups is 3. The second-order valence-corrected chi connectivity index (χ2v) is 11.0. The zero-order chi connectivity index (χ0) is 24.9. The highest BCUT2D eigenvalue weighted by Gasteiger charge is 2.40. The number of ether oxygens (including phenoxy) is 2. The van der Waals surface area contributed by atoms with Crippen molar-refractivity contribution in [1.82, 2.24) is 20.4 Å². The molecule has 1 unspecified atom stereocenters. The van der Waals surface area contributed by atoms with E-state index in [1.54, 1.807) is 30.6 Å². The van der Waals surface area contributed by atoms with Crippen molar-refractivity contribution in [3.8, 4) is 6.07 Å². The predicted octanol–water partition coefficient (Wildman–Crippen LogP) is 2.24. The van der Waals surface area contributed by atoms with Crippen molar-refractivity contribution in [2.45, 2.75) is 78.0 Å². The van der Waals surface area contributed by atoms with Crippen molar-refractivity contribution in [2.24, 2.45) is 5.41 Å². The van der Waals surface area contributed by atoms with Crippen molar-refractivity contribution in [3.05, 3.63) is 0 Å². The van der Waals surface area contributed by atoms with Crippen LogP contribution in [0.2, 0.25) is 0 Å². The van der Waals surface area contributed by atoms with Crippen LogP contribution in [-0.4, -0.2) is 84.4 Å². The Balaban J connectivity index is 2.04. The van der Waals surface area contributed by atoms with E-state index in [9.17, 15) is 19.6 Å². The molecule has 10 nitrogen and oxygen atoms in total. The maximum atomic E-state index is 13.2. The molecule has 0 spiro atoms. The molecule has 2 rings (SSSR count). The fourth-order valence-corrected chi connectivity index (χ4v) is 3.81. The molecule has 0 aromatic heterocycles. The quantitative estimate of drug-likeness (QED) is 0.656. The molecular formula is C23H39N5O5. The van der Waals surface area contributed by atoms with Crippen LogP contribution >= 0.6 is 0 Å². The third-order valence-corrected chi connectivity index (χ3v) is 5.57. The van der Waals surface area contributed by atoms with Crippen LogP contribution in [0.1, 0.15) is 60.8 Å². The fourth-order valence-electron chi connectivity index (χ4n) is 3.81. The number of nitriles is 1. The lowest BCUT2D eigenvalue weighted by Gasteiger charge is -2.39. The maximum absolute atomic E-state index is 13.2. The molecule has 0 saturated carbocycles. The van der Waals surface area contributed by atoms with E-state index in [1.807, 2.05) is 20.8 Å². The Morgan fingerprint density at radius 1 is 1.03 bits per heavy atom. The van der Waals surface area contributed by atoms with Crippen LogP contribution < -0.4 is 10.6 Å². The molecule has 33 heavy (non-hydrogen) atoms. The average Bonchev–Trinajstić information content (AvgIpc) is 2.72. The standard InChI is InChI=1S/C23H39N5O5/c1-21(2,3)15-17(25-19(30)27-11-13-32-14-12-27)18(29)26-23(16-24)7-9-28(10-8-23)20(31)33-22(4,5)6/h17H,7-15H2,1-6H3,(H,25,30)(H,26,29). The summed E-state index contributed by atoms with van der Waals surface area (Å²) in [6.45, 7) is 13.9. The summed E-state index contributed by atoms with van der Waals surface area (Å²) in [4.78, 5) is 41.5. The summed E-state index contributed by atoms with van der Waals surface area (Å²) in [5, 5.41) is 15.6. The van der Waals surface area contributed by atoms with Crippen LogP contribution in [0.15, 0.2) is 0 Å². The lowest BCUT2D eigenvalue weighted by atomic mass is 9.85. The number of urea groups is 1. The third-order valence-electron chi connectivity index (χ3n) is 5.57. The van der Waals surface area contributed by atoms with E-state index >= 15 is 0 Å². The Labute approximate surface area is 196 Å². The van der Waals surface area contributed by atoms with Gasteiger partial charge in [0.2, 0.25) is 5.91 Å². The van der Waals surface area contributed by atoms with Crippen LogP contribution in [-0.2, 0) is 14.3 Å². The van der Waals surface area contributed by atoms with Gasteiger partial charge < -0.3 is 29.9 Å². The molecule has 186 valence electrons. The first-order valence-corrected chi connectivity index (χ1v) is 11.6. The van der Waals surface area contributed by atoms with Gasteiger partial charge in [0.05, 0.1) is 19.3 Å². The fraction of sp³-hybridized carbons (Fsp3) is 0.826. The van der Waals surface area contributed by atoms with Gasteiger partial charge >= 0.3 is 12.1 Å². The molecule has 2 aliphatic heterocycles. The van der Waals surface area contributed by atoms with Crippen LogP contribution in [0.3, 0.4) is 0 Å². The van der Waals surface area contributed by atoms with Gasteiger partial charge in [-0.05, 0) is 32.6 Å². The Kier molecular flexibility index (Phi) is 8.57. The topological polar surface area (TPSA) is 124 Å². The van der Waals surface area contributed by atoms with E-state index in [0.717, 1.165) is 0 Å². The number of likely N-dealkylation sites (tertiary alicyclic amines) is 1. The first-order valence-electron chi connectivity index (χ1n) is 11.6. The minimum Gasteiger partial charge on any atom is -0.444 e. The Morgan fingerprint density at radius 2 is 1.61 bits per heavy atom. The SMILES string of the molecule is CC(C)(C)CC(NC(=O)N1CCOCC1)C(=O)NC1(C#N)CCN(C(=O)OC(C)(C)C)CC1. The predicted molar refractivity (Wildman–Crippen MR) is 122 cm³/mol. The van der Waals surface area contributed by atoms with Crippen molar-refractivity contribution in [1.29, 1.82) is 5.26 Å². The first kappa shape index (κ1) is 26.7. The van der Waals surface area contributed by atoms with Gasteiger partial charge in [0, 0.05) is 39.0 Å². The van der Waals surface area contributed by atoms with Crippen molar-refractivity contribution in [3.63, 3.8) is 0 Å². The summed E-state index contributed by atoms with van der Waals surface area (Å²) >= 11 is 0. The zero-order valence-electron chi connectivity index (χ0n) is 20.8. The van der Waals surface area contributed by atoms with Gasteiger partial charge in [-0.1, -0.05) is 20.8 Å². The molecule has 0 aromatic carbocycles. The minimum absolute atomic E-state index is 0.222. The van der Waals surface area contributed by atoms with Crippen molar-refractivity contribution in [2.75, 3.05) is 39.4 Å². The summed E-state index contributed by atoms with van der Waals surface area (Å²) in [7, 11) is 0. The van der Waals surface area contributed by atoms with Crippen LogP contribution in [0, 0.1) is 16.7 Å². The van der Waals surface area contributed by atoms with E-state index in [1.165, 1.54) is 0 Å². The number of hydrogen-bond acceptors (Lipinski definition) is 6. The van der Waals surface area contributed by atoms with Gasteiger partial charge in [-0.3, -0.25) is 4.79 Å². The lowest BCUT2D eigenvalue weighted by molar-refractivity contribution is -0.125. The molecule has 2 heterocycles. The van der Waals surface area contributed by atoms with E-state index in [0.29, 0.717) is 45.8 Å². The zero-order valence-corrected chi connectivity index (χ0v) is 20.8. The molecule has 2 saturated heterocycles. The van der Waals surface area contributed by atoms with Crippen molar-refractivity contribution < 1.29 is 23.9 Å². The Bertz CT molecular complexity index is 751. The highest BCUT2D eigenvalue weighted by molar-refractivity contribution is 5.88. The number of piperidine rings is 1. The molecule has 1 atom stereocenters. The van der Waals surface area contributed by atoms with Gasteiger partial charge in [-0.25, -0.2) is 9.59 Å². The second-order valence-electron chi connectivity index (χ2n) is 11.0. The van der Waals surface area contributed by atoms with Crippen LogP contribution in [0.5, 0.6) is 0 Å². The Morgan fingerprint density at radius 3 is 2.09 bits per heavy atom. The third kappa shape index (κ3) is 8.39. The largest absolute Gasteiger partial charge is 0.444 e. The normalized spacial score (nSPS) is 19.8. The van der Waals surface area contributed by atoms with Gasteiger partial charge in [0.1, 0.15) is 17.2 Å². The molecule has 2 fully saturated rings. The summed E-state index contributed by atoms with van der Waals surface area (Å²) in [6.07, 6.45) is 0.562. The lowest BCUT2D eigenvalue weighted by Crippen LogP contribution is -2.61. The van der Waals surface area contributed by atoms with Gasteiger partial charge in [0.25, 0.3) is 0 Å². The van der Waals surface area contributed by atoms with E-state index in [-0.39, 0.29) is 30.2 Å². The van der Waals surface area contributed by atoms with Crippen molar-refractivity contribution >= 4 is 18.0 Å². The first-order chi connectivity index (χ1) is 15.2. The highest BCUT2D eigenvalue weighted by atomic mass is 16.6. The monoisotopic (exact) mass is 465 g/mol. The molecule has 0 aliphatic carbocycles. The minimum atomic E-state index is -1.10. The molecule has 10 heteroatoms. The van der Waals surface area contributed by atoms with E-state index in [2.05, 4.69) is 16.7 Å². The number of rotatable bonds is 4. The summed E-state index contributed by atoms with van der Waals surface area (Å²) in [5.41, 5.74) is -1.93. The molecule has 0 aromatic rings.